The number of aryl methyl sites for hydroxylation is 2. The minimum Gasteiger partial charge on any atom is -0.377 e. The van der Waals surface area contributed by atoms with Gasteiger partial charge in [0.05, 0.1) is 6.54 Å². The maximum absolute atomic E-state index is 12.4. The van der Waals surface area contributed by atoms with E-state index >= 15 is 0 Å². The zero-order valence-corrected chi connectivity index (χ0v) is 12.2. The highest BCUT2D eigenvalue weighted by molar-refractivity contribution is 6.09. The minimum atomic E-state index is 0.0911. The van der Waals surface area contributed by atoms with Gasteiger partial charge in [-0.15, -0.1) is 0 Å². The lowest BCUT2D eigenvalue weighted by Crippen LogP contribution is -2.14. The predicted molar refractivity (Wildman–Crippen MR) is 87.0 cm³/mol. The molecule has 3 rings (SSSR count). The average Bonchev–Trinajstić information content (AvgIpc) is 2.92. The van der Waals surface area contributed by atoms with E-state index < -0.39 is 0 Å². The summed E-state index contributed by atoms with van der Waals surface area (Å²) in [6, 6.07) is 14.1. The standard InChI is InChI=1S/C18H18N2O/c1-12-7-8-13(2)17(9-12)20-11-18(21)15-10-19-16-6-4-3-5-14(15)16/h3-10,19-20H,11H2,1-2H3. The van der Waals surface area contributed by atoms with Crippen LogP contribution in [0.25, 0.3) is 10.9 Å². The summed E-state index contributed by atoms with van der Waals surface area (Å²) < 4.78 is 0. The summed E-state index contributed by atoms with van der Waals surface area (Å²) in [6.07, 6.45) is 1.79. The van der Waals surface area contributed by atoms with Crippen LogP contribution in [-0.4, -0.2) is 17.3 Å². The summed E-state index contributed by atoms with van der Waals surface area (Å²) in [5.74, 6) is 0.0911. The summed E-state index contributed by atoms with van der Waals surface area (Å²) in [6.45, 7) is 4.39. The molecule has 0 saturated carbocycles. The lowest BCUT2D eigenvalue weighted by Gasteiger charge is -2.09. The van der Waals surface area contributed by atoms with Crippen molar-refractivity contribution in [3.05, 3.63) is 65.4 Å². The van der Waals surface area contributed by atoms with Crippen LogP contribution in [0.3, 0.4) is 0 Å². The molecule has 106 valence electrons. The summed E-state index contributed by atoms with van der Waals surface area (Å²) in [7, 11) is 0. The first-order valence-electron chi connectivity index (χ1n) is 7.05. The molecule has 0 aliphatic rings. The molecule has 3 nitrogen and oxygen atoms in total. The summed E-state index contributed by atoms with van der Waals surface area (Å²) in [5.41, 5.74) is 5.08. The number of carbonyl (C=O) groups excluding carboxylic acids is 1. The van der Waals surface area contributed by atoms with Crippen LogP contribution in [0, 0.1) is 13.8 Å². The molecule has 0 bridgehead atoms. The number of hydrogen-bond acceptors (Lipinski definition) is 2. The van der Waals surface area contributed by atoms with Gasteiger partial charge >= 0.3 is 0 Å². The third kappa shape index (κ3) is 2.68. The van der Waals surface area contributed by atoms with E-state index in [0.29, 0.717) is 6.54 Å². The van der Waals surface area contributed by atoms with Crippen LogP contribution in [0.1, 0.15) is 21.5 Å². The maximum atomic E-state index is 12.4. The van der Waals surface area contributed by atoms with Gasteiger partial charge in [0, 0.05) is 28.4 Å². The largest absolute Gasteiger partial charge is 0.377 e. The van der Waals surface area contributed by atoms with Crippen molar-refractivity contribution in [2.45, 2.75) is 13.8 Å². The fourth-order valence-electron chi connectivity index (χ4n) is 2.50. The highest BCUT2D eigenvalue weighted by Gasteiger charge is 2.11. The molecule has 0 spiro atoms. The summed E-state index contributed by atoms with van der Waals surface area (Å²) >= 11 is 0. The van der Waals surface area contributed by atoms with Gasteiger partial charge in [-0.25, -0.2) is 0 Å². The number of nitrogens with one attached hydrogen (secondary N) is 2. The minimum absolute atomic E-state index is 0.0911. The van der Waals surface area contributed by atoms with E-state index in [9.17, 15) is 4.79 Å². The number of benzene rings is 2. The second kappa shape index (κ2) is 5.44. The molecule has 3 aromatic rings. The number of fused-ring (bicyclic) bond motifs is 1. The van der Waals surface area contributed by atoms with E-state index in [0.717, 1.165) is 27.7 Å². The molecule has 0 unspecified atom stereocenters. The molecule has 1 aromatic heterocycles. The van der Waals surface area contributed by atoms with Gasteiger partial charge in [-0.3, -0.25) is 4.79 Å². The molecule has 0 amide bonds. The number of Topliss-reactive ketones (excluding diaryl/α,β-unsaturated/α-hetero) is 1. The van der Waals surface area contributed by atoms with Gasteiger partial charge < -0.3 is 10.3 Å². The van der Waals surface area contributed by atoms with Gasteiger partial charge in [-0.2, -0.15) is 0 Å². The third-order valence-electron chi connectivity index (χ3n) is 3.72. The Labute approximate surface area is 124 Å². The van der Waals surface area contributed by atoms with E-state index in [1.807, 2.05) is 38.1 Å². The van der Waals surface area contributed by atoms with Crippen LogP contribution in [0.5, 0.6) is 0 Å². The first-order chi connectivity index (χ1) is 10.1. The molecule has 0 fully saturated rings. The molecule has 0 aliphatic carbocycles. The fraction of sp³-hybridized carbons (Fsp3) is 0.167. The van der Waals surface area contributed by atoms with Gasteiger partial charge in [-0.05, 0) is 37.1 Å². The zero-order valence-electron chi connectivity index (χ0n) is 12.2. The second-order valence-corrected chi connectivity index (χ2v) is 5.34. The molecule has 2 aromatic carbocycles. The van der Waals surface area contributed by atoms with Crippen molar-refractivity contribution in [1.82, 2.24) is 4.98 Å². The molecule has 0 atom stereocenters. The van der Waals surface area contributed by atoms with E-state index in [2.05, 4.69) is 28.5 Å². The number of aromatic nitrogens is 1. The lowest BCUT2D eigenvalue weighted by atomic mass is 10.1. The molecule has 0 aliphatic heterocycles. The molecule has 0 saturated heterocycles. The van der Waals surface area contributed by atoms with E-state index in [1.54, 1.807) is 6.20 Å². The smallest absolute Gasteiger partial charge is 0.183 e. The highest BCUT2D eigenvalue weighted by Crippen LogP contribution is 2.19. The maximum Gasteiger partial charge on any atom is 0.183 e. The number of hydrogen-bond donors (Lipinski definition) is 2. The second-order valence-electron chi connectivity index (χ2n) is 5.34. The fourth-order valence-corrected chi connectivity index (χ4v) is 2.50. The van der Waals surface area contributed by atoms with Crippen molar-refractivity contribution < 1.29 is 4.79 Å². The number of aromatic amines is 1. The number of para-hydroxylation sites is 1. The van der Waals surface area contributed by atoms with Gasteiger partial charge in [0.1, 0.15) is 0 Å². The Hall–Kier alpha value is -2.55. The van der Waals surface area contributed by atoms with Crippen molar-refractivity contribution in [2.24, 2.45) is 0 Å². The molecule has 21 heavy (non-hydrogen) atoms. The Morgan fingerprint density at radius 1 is 1.14 bits per heavy atom. The third-order valence-corrected chi connectivity index (χ3v) is 3.72. The topological polar surface area (TPSA) is 44.9 Å². The van der Waals surface area contributed by atoms with Gasteiger partial charge in [0.2, 0.25) is 0 Å². The van der Waals surface area contributed by atoms with Crippen LogP contribution >= 0.6 is 0 Å². The number of H-pyrrole nitrogens is 1. The van der Waals surface area contributed by atoms with Crippen molar-refractivity contribution in [3.8, 4) is 0 Å². The van der Waals surface area contributed by atoms with Crippen LogP contribution in [0.2, 0.25) is 0 Å². The number of carbonyl (C=O) groups is 1. The Balaban J connectivity index is 1.79. The van der Waals surface area contributed by atoms with Crippen molar-refractivity contribution in [3.63, 3.8) is 0 Å². The van der Waals surface area contributed by atoms with E-state index in [-0.39, 0.29) is 5.78 Å². The highest BCUT2D eigenvalue weighted by atomic mass is 16.1. The Morgan fingerprint density at radius 2 is 1.95 bits per heavy atom. The van der Waals surface area contributed by atoms with Crippen LogP contribution in [0.4, 0.5) is 5.69 Å². The average molecular weight is 278 g/mol. The van der Waals surface area contributed by atoms with Crippen molar-refractivity contribution in [2.75, 3.05) is 11.9 Å². The van der Waals surface area contributed by atoms with E-state index in [1.165, 1.54) is 5.56 Å². The molecular formula is C18H18N2O. The Morgan fingerprint density at radius 3 is 2.81 bits per heavy atom. The molecule has 0 radical (unpaired) electrons. The molecular weight excluding hydrogens is 260 g/mol. The van der Waals surface area contributed by atoms with Crippen LogP contribution in [-0.2, 0) is 0 Å². The Kier molecular flexibility index (Phi) is 3.48. The lowest BCUT2D eigenvalue weighted by molar-refractivity contribution is 0.101. The van der Waals surface area contributed by atoms with Crippen molar-refractivity contribution in [1.29, 1.82) is 0 Å². The first-order valence-corrected chi connectivity index (χ1v) is 7.05. The van der Waals surface area contributed by atoms with Crippen molar-refractivity contribution >= 4 is 22.4 Å². The Bertz CT molecular complexity index is 802. The summed E-state index contributed by atoms with van der Waals surface area (Å²) in [5, 5.41) is 4.22. The van der Waals surface area contributed by atoms with Gasteiger partial charge in [0.25, 0.3) is 0 Å². The normalized spacial score (nSPS) is 10.8. The van der Waals surface area contributed by atoms with Crippen LogP contribution in [0.15, 0.2) is 48.7 Å². The monoisotopic (exact) mass is 278 g/mol. The van der Waals surface area contributed by atoms with Gasteiger partial charge in [0.15, 0.2) is 5.78 Å². The first kappa shape index (κ1) is 13.4. The van der Waals surface area contributed by atoms with Gasteiger partial charge in [-0.1, -0.05) is 30.3 Å². The SMILES string of the molecule is Cc1ccc(C)c(NCC(=O)c2c[nH]c3ccccc23)c1. The quantitative estimate of drug-likeness (QED) is 0.706. The molecule has 2 N–H and O–H groups in total. The number of anilines is 1. The zero-order chi connectivity index (χ0) is 14.8. The molecule has 3 heteroatoms. The molecule has 1 heterocycles. The number of rotatable bonds is 4. The number of ketones is 1. The van der Waals surface area contributed by atoms with Crippen LogP contribution < -0.4 is 5.32 Å². The predicted octanol–water partition coefficient (Wildman–Crippen LogP) is 4.08. The van der Waals surface area contributed by atoms with E-state index in [4.69, 9.17) is 0 Å². The summed E-state index contributed by atoms with van der Waals surface area (Å²) in [4.78, 5) is 15.5.